The summed E-state index contributed by atoms with van der Waals surface area (Å²) >= 11 is 0. The van der Waals surface area contributed by atoms with E-state index >= 15 is 0 Å². The molecular weight excluding hydrogens is 342 g/mol. The Morgan fingerprint density at radius 3 is 2.33 bits per heavy atom. The molecule has 2 amide bonds. The van der Waals surface area contributed by atoms with Crippen LogP contribution in [-0.4, -0.2) is 43.5 Å². The predicted molar refractivity (Wildman–Crippen MR) is 107 cm³/mol. The first-order chi connectivity index (χ1) is 13.0. The molecule has 2 aromatic carbocycles. The molecule has 0 spiro atoms. The third-order valence-corrected chi connectivity index (χ3v) is 4.17. The number of benzene rings is 2. The van der Waals surface area contributed by atoms with Crippen LogP contribution in [0.15, 0.2) is 48.5 Å². The van der Waals surface area contributed by atoms with Crippen molar-refractivity contribution in [1.82, 2.24) is 10.2 Å². The van der Waals surface area contributed by atoms with E-state index < -0.39 is 0 Å². The van der Waals surface area contributed by atoms with E-state index in [0.29, 0.717) is 24.5 Å². The fraction of sp³-hybridized carbons (Fsp3) is 0.333. The van der Waals surface area contributed by atoms with Crippen molar-refractivity contribution in [2.24, 2.45) is 0 Å². The lowest BCUT2D eigenvalue weighted by Crippen LogP contribution is -2.40. The normalized spacial score (nSPS) is 10.5. The van der Waals surface area contributed by atoms with Crippen LogP contribution in [-0.2, 0) is 16.1 Å². The first kappa shape index (κ1) is 20.5. The van der Waals surface area contributed by atoms with Crippen molar-refractivity contribution >= 4 is 17.5 Å². The molecule has 0 saturated carbocycles. The molecule has 2 aromatic rings. The summed E-state index contributed by atoms with van der Waals surface area (Å²) in [5.41, 5.74) is 2.85. The Balaban J connectivity index is 1.82. The lowest BCUT2D eigenvalue weighted by molar-refractivity contribution is -0.123. The molecular formula is C21H27N3O3. The van der Waals surface area contributed by atoms with Gasteiger partial charge >= 0.3 is 0 Å². The molecule has 0 bridgehead atoms. The highest BCUT2D eigenvalue weighted by atomic mass is 16.5. The second kappa shape index (κ2) is 10.3. The maximum absolute atomic E-state index is 12.3. The summed E-state index contributed by atoms with van der Waals surface area (Å²) in [6.07, 6.45) is 0. The summed E-state index contributed by atoms with van der Waals surface area (Å²) in [6, 6.07) is 15.2. The van der Waals surface area contributed by atoms with Gasteiger partial charge in [-0.3, -0.25) is 14.5 Å². The van der Waals surface area contributed by atoms with Crippen molar-refractivity contribution in [3.05, 3.63) is 59.7 Å². The number of aryl methyl sites for hydroxylation is 1. The molecule has 0 saturated heterocycles. The van der Waals surface area contributed by atoms with Crippen LogP contribution in [0.25, 0.3) is 0 Å². The Bertz CT molecular complexity index is 760. The molecule has 144 valence electrons. The molecule has 27 heavy (non-hydrogen) atoms. The summed E-state index contributed by atoms with van der Waals surface area (Å²) < 4.78 is 5.23. The molecule has 0 aliphatic heterocycles. The molecule has 0 atom stereocenters. The Labute approximate surface area is 160 Å². The van der Waals surface area contributed by atoms with Gasteiger partial charge in [-0.15, -0.1) is 0 Å². The van der Waals surface area contributed by atoms with Gasteiger partial charge in [0.15, 0.2) is 0 Å². The first-order valence-electron chi connectivity index (χ1n) is 8.99. The molecule has 0 radical (unpaired) electrons. The van der Waals surface area contributed by atoms with E-state index in [2.05, 4.69) is 10.6 Å². The average Bonchev–Trinajstić information content (AvgIpc) is 2.67. The van der Waals surface area contributed by atoms with E-state index in [0.717, 1.165) is 5.56 Å². The SMILES string of the molecule is CCN(CC(=O)NCc1ccc(C)cc1)CC(=O)Nc1ccccc1OC. The van der Waals surface area contributed by atoms with Crippen LogP contribution in [0.2, 0.25) is 0 Å². The molecule has 6 nitrogen and oxygen atoms in total. The maximum Gasteiger partial charge on any atom is 0.238 e. The fourth-order valence-corrected chi connectivity index (χ4v) is 2.59. The monoisotopic (exact) mass is 369 g/mol. The molecule has 0 aromatic heterocycles. The second-order valence-electron chi connectivity index (χ2n) is 6.31. The van der Waals surface area contributed by atoms with Crippen molar-refractivity contribution in [3.63, 3.8) is 0 Å². The Kier molecular flexibility index (Phi) is 7.82. The number of carbonyl (C=O) groups excluding carboxylic acids is 2. The number of nitrogens with zero attached hydrogens (tertiary/aromatic N) is 1. The molecule has 0 heterocycles. The number of anilines is 1. The fourth-order valence-electron chi connectivity index (χ4n) is 2.59. The summed E-state index contributed by atoms with van der Waals surface area (Å²) in [5.74, 6) is 0.306. The minimum atomic E-state index is -0.187. The third kappa shape index (κ3) is 6.75. The van der Waals surface area contributed by atoms with Crippen LogP contribution in [0.5, 0.6) is 5.75 Å². The van der Waals surface area contributed by atoms with Gasteiger partial charge in [0.2, 0.25) is 11.8 Å². The van der Waals surface area contributed by atoms with E-state index in [1.165, 1.54) is 5.56 Å². The molecule has 6 heteroatoms. The summed E-state index contributed by atoms with van der Waals surface area (Å²) in [5, 5.41) is 5.72. The number of carbonyl (C=O) groups is 2. The highest BCUT2D eigenvalue weighted by Crippen LogP contribution is 2.22. The molecule has 0 unspecified atom stereocenters. The van der Waals surface area contributed by atoms with Crippen LogP contribution in [0.1, 0.15) is 18.1 Å². The molecule has 2 rings (SSSR count). The number of methoxy groups -OCH3 is 1. The highest BCUT2D eigenvalue weighted by Gasteiger charge is 2.14. The third-order valence-electron chi connectivity index (χ3n) is 4.17. The van der Waals surface area contributed by atoms with Gasteiger partial charge in [0.05, 0.1) is 25.9 Å². The number of amides is 2. The van der Waals surface area contributed by atoms with Gasteiger partial charge in [0, 0.05) is 6.54 Å². The number of para-hydroxylation sites is 2. The van der Waals surface area contributed by atoms with Crippen molar-refractivity contribution in [2.75, 3.05) is 32.1 Å². The van der Waals surface area contributed by atoms with Gasteiger partial charge in [-0.05, 0) is 31.2 Å². The van der Waals surface area contributed by atoms with Crippen molar-refractivity contribution in [1.29, 1.82) is 0 Å². The van der Waals surface area contributed by atoms with Gasteiger partial charge in [-0.2, -0.15) is 0 Å². The number of rotatable bonds is 9. The maximum atomic E-state index is 12.3. The lowest BCUT2D eigenvalue weighted by atomic mass is 10.1. The average molecular weight is 369 g/mol. The van der Waals surface area contributed by atoms with Crippen LogP contribution >= 0.6 is 0 Å². The minimum absolute atomic E-state index is 0.109. The van der Waals surface area contributed by atoms with Crippen LogP contribution in [0.4, 0.5) is 5.69 Å². The van der Waals surface area contributed by atoms with Crippen molar-refractivity contribution < 1.29 is 14.3 Å². The molecule has 0 fully saturated rings. The van der Waals surface area contributed by atoms with E-state index in [1.807, 2.05) is 50.2 Å². The van der Waals surface area contributed by atoms with E-state index in [-0.39, 0.29) is 24.9 Å². The Morgan fingerprint density at radius 2 is 1.67 bits per heavy atom. The van der Waals surface area contributed by atoms with E-state index in [1.54, 1.807) is 24.1 Å². The summed E-state index contributed by atoms with van der Waals surface area (Å²) in [4.78, 5) is 26.3. The highest BCUT2D eigenvalue weighted by molar-refractivity contribution is 5.94. The van der Waals surface area contributed by atoms with Crippen LogP contribution in [0, 0.1) is 6.92 Å². The largest absolute Gasteiger partial charge is 0.495 e. The minimum Gasteiger partial charge on any atom is -0.495 e. The standard InChI is InChI=1S/C21H27N3O3/c1-4-24(14-20(25)22-13-17-11-9-16(2)10-12-17)15-21(26)23-18-7-5-6-8-19(18)27-3/h5-12H,4,13-15H2,1-3H3,(H,22,25)(H,23,26). The number of nitrogens with one attached hydrogen (secondary N) is 2. The van der Waals surface area contributed by atoms with E-state index in [4.69, 9.17) is 4.74 Å². The van der Waals surface area contributed by atoms with Gasteiger partial charge < -0.3 is 15.4 Å². The molecule has 0 aliphatic rings. The molecule has 2 N–H and O–H groups in total. The van der Waals surface area contributed by atoms with Crippen LogP contribution in [0.3, 0.4) is 0 Å². The Hall–Kier alpha value is -2.86. The second-order valence-corrected chi connectivity index (χ2v) is 6.31. The topological polar surface area (TPSA) is 70.7 Å². The van der Waals surface area contributed by atoms with Gasteiger partial charge in [-0.25, -0.2) is 0 Å². The van der Waals surface area contributed by atoms with Crippen molar-refractivity contribution in [3.8, 4) is 5.75 Å². The van der Waals surface area contributed by atoms with Crippen LogP contribution < -0.4 is 15.4 Å². The van der Waals surface area contributed by atoms with Gasteiger partial charge in [0.25, 0.3) is 0 Å². The summed E-state index contributed by atoms with van der Waals surface area (Å²) in [7, 11) is 1.56. The van der Waals surface area contributed by atoms with Crippen molar-refractivity contribution in [2.45, 2.75) is 20.4 Å². The lowest BCUT2D eigenvalue weighted by Gasteiger charge is -2.20. The first-order valence-corrected chi connectivity index (χ1v) is 8.99. The van der Waals surface area contributed by atoms with Gasteiger partial charge in [0.1, 0.15) is 5.75 Å². The quantitative estimate of drug-likeness (QED) is 0.713. The predicted octanol–water partition coefficient (Wildman–Crippen LogP) is 2.58. The molecule has 0 aliphatic carbocycles. The number of ether oxygens (including phenoxy) is 1. The van der Waals surface area contributed by atoms with Gasteiger partial charge in [-0.1, -0.05) is 48.9 Å². The summed E-state index contributed by atoms with van der Waals surface area (Å²) in [6.45, 7) is 5.32. The van der Waals surface area contributed by atoms with E-state index in [9.17, 15) is 9.59 Å². The number of hydrogen-bond donors (Lipinski definition) is 2. The zero-order chi connectivity index (χ0) is 19.6. The Morgan fingerprint density at radius 1 is 1.00 bits per heavy atom. The smallest absolute Gasteiger partial charge is 0.238 e. The zero-order valence-electron chi connectivity index (χ0n) is 16.1. The zero-order valence-corrected chi connectivity index (χ0v) is 16.1. The number of hydrogen-bond acceptors (Lipinski definition) is 4. The number of likely N-dealkylation sites (N-methyl/N-ethyl adjacent to an activating group) is 1.